The fourth-order valence-corrected chi connectivity index (χ4v) is 5.73. The van der Waals surface area contributed by atoms with Gasteiger partial charge in [-0.15, -0.1) is 0 Å². The molecule has 1 saturated heterocycles. The molecular weight excluding hydrogens is 524 g/mol. The van der Waals surface area contributed by atoms with Gasteiger partial charge in [0.2, 0.25) is 5.82 Å². The van der Waals surface area contributed by atoms with E-state index in [1.807, 2.05) is 0 Å². The molecular formula is C27H20F8OS. The van der Waals surface area contributed by atoms with Crippen LogP contribution in [0.25, 0.3) is 22.3 Å². The molecule has 0 radical (unpaired) electrons. The Labute approximate surface area is 212 Å². The van der Waals surface area contributed by atoms with E-state index in [1.165, 1.54) is 17.8 Å². The number of allylic oxidation sites excluding steroid dienone is 1. The zero-order valence-corrected chi connectivity index (χ0v) is 20.2. The van der Waals surface area contributed by atoms with Crippen molar-refractivity contribution in [3.8, 4) is 28.0 Å². The highest BCUT2D eigenvalue weighted by atomic mass is 32.2. The number of ether oxygens (including phenoxy) is 1. The van der Waals surface area contributed by atoms with Crippen LogP contribution >= 0.6 is 11.8 Å². The van der Waals surface area contributed by atoms with E-state index in [9.17, 15) is 26.3 Å². The van der Waals surface area contributed by atoms with E-state index < -0.39 is 74.2 Å². The molecule has 1 heterocycles. The number of thioether (sulfide) groups is 1. The van der Waals surface area contributed by atoms with Crippen LogP contribution in [0.3, 0.4) is 0 Å². The maximum Gasteiger partial charge on any atom is 0.266 e. The average molecular weight is 545 g/mol. The Bertz CT molecular complexity index is 1340. The largest absolute Gasteiger partial charge is 0.491 e. The molecule has 2 atom stereocenters. The molecule has 0 aromatic heterocycles. The highest BCUT2D eigenvalue weighted by Crippen LogP contribution is 2.44. The zero-order chi connectivity index (χ0) is 26.9. The smallest absolute Gasteiger partial charge is 0.266 e. The Morgan fingerprint density at radius 2 is 1.27 bits per heavy atom. The molecule has 0 N–H and O–H groups in total. The number of benzene rings is 3. The van der Waals surface area contributed by atoms with Gasteiger partial charge in [-0.1, -0.05) is 24.3 Å². The Morgan fingerprint density at radius 1 is 0.757 bits per heavy atom. The van der Waals surface area contributed by atoms with Crippen LogP contribution in [-0.4, -0.2) is 12.4 Å². The van der Waals surface area contributed by atoms with Gasteiger partial charge in [0.25, 0.3) is 6.08 Å². The lowest BCUT2D eigenvalue weighted by atomic mass is 9.95. The average Bonchev–Trinajstić information content (AvgIpc) is 2.87. The van der Waals surface area contributed by atoms with Crippen LogP contribution in [0.1, 0.15) is 30.6 Å². The molecule has 1 aliphatic heterocycles. The fraction of sp³-hybridized carbons (Fsp3) is 0.259. The van der Waals surface area contributed by atoms with Gasteiger partial charge in [-0.05, 0) is 43.9 Å². The van der Waals surface area contributed by atoms with Crippen LogP contribution in [0.4, 0.5) is 35.1 Å². The zero-order valence-electron chi connectivity index (χ0n) is 19.4. The predicted molar refractivity (Wildman–Crippen MR) is 126 cm³/mol. The maximum atomic E-state index is 15.0. The molecule has 196 valence electrons. The molecule has 3 aromatic rings. The van der Waals surface area contributed by atoms with Crippen molar-refractivity contribution in [1.29, 1.82) is 0 Å². The number of hydrogen-bond acceptors (Lipinski definition) is 2. The van der Waals surface area contributed by atoms with Crippen molar-refractivity contribution in [2.75, 3.05) is 12.4 Å². The Balaban J connectivity index is 1.65. The molecule has 10 heteroatoms. The van der Waals surface area contributed by atoms with Crippen molar-refractivity contribution in [2.45, 2.75) is 25.0 Å². The Hall–Kier alpha value is -3.01. The Morgan fingerprint density at radius 3 is 1.78 bits per heavy atom. The summed E-state index contributed by atoms with van der Waals surface area (Å²) < 4.78 is 119. The lowest BCUT2D eigenvalue weighted by molar-refractivity contribution is 0.314. The second-order valence-corrected chi connectivity index (χ2v) is 9.64. The van der Waals surface area contributed by atoms with Gasteiger partial charge in [0.15, 0.2) is 34.8 Å². The van der Waals surface area contributed by atoms with Crippen LogP contribution in [0, 0.1) is 40.8 Å². The third kappa shape index (κ3) is 5.35. The van der Waals surface area contributed by atoms with Gasteiger partial charge in [-0.25, -0.2) is 22.0 Å². The number of hydrogen-bond donors (Lipinski definition) is 0. The van der Waals surface area contributed by atoms with Gasteiger partial charge in [0.1, 0.15) is 0 Å². The van der Waals surface area contributed by atoms with Gasteiger partial charge in [0.05, 0.1) is 6.61 Å². The van der Waals surface area contributed by atoms with Gasteiger partial charge >= 0.3 is 0 Å². The topological polar surface area (TPSA) is 9.23 Å². The van der Waals surface area contributed by atoms with E-state index in [2.05, 4.69) is 0 Å². The van der Waals surface area contributed by atoms with E-state index in [-0.39, 0.29) is 18.1 Å². The van der Waals surface area contributed by atoms with Crippen molar-refractivity contribution < 1.29 is 39.9 Å². The summed E-state index contributed by atoms with van der Waals surface area (Å²) in [6.45, 7) is 1.62. The van der Waals surface area contributed by atoms with Crippen molar-refractivity contribution >= 4 is 11.8 Å². The van der Waals surface area contributed by atoms with E-state index in [0.29, 0.717) is 18.6 Å². The molecule has 1 fully saturated rings. The van der Waals surface area contributed by atoms with Crippen molar-refractivity contribution in [2.24, 2.45) is 5.92 Å². The second kappa shape index (κ2) is 11.2. The van der Waals surface area contributed by atoms with E-state index in [1.54, 1.807) is 6.92 Å². The van der Waals surface area contributed by atoms with Crippen molar-refractivity contribution in [1.82, 2.24) is 0 Å². The first kappa shape index (κ1) is 27.0. The standard InChI is InChI=1S/C27H20F8OS/c1-2-36-19-9-8-17(25(33)27(19)35)15-5-4-14(22(30)23(15)31)16-6-7-18(26(34)24(16)32)20-10-3-13(12-37-20)11-21(28)29/h4-9,11,13,20H,2-3,10,12H2,1H3. The van der Waals surface area contributed by atoms with Crippen molar-refractivity contribution in [3.05, 3.63) is 89.0 Å². The fourth-order valence-electron chi connectivity index (χ4n) is 4.32. The molecule has 3 aromatic carbocycles. The van der Waals surface area contributed by atoms with Gasteiger partial charge in [0, 0.05) is 38.8 Å². The summed E-state index contributed by atoms with van der Waals surface area (Å²) >= 11 is 1.21. The van der Waals surface area contributed by atoms with Gasteiger partial charge < -0.3 is 4.74 Å². The molecule has 1 aliphatic rings. The molecule has 2 unspecified atom stereocenters. The summed E-state index contributed by atoms with van der Waals surface area (Å²) in [5, 5.41) is -0.489. The highest BCUT2D eigenvalue weighted by Gasteiger charge is 2.28. The summed E-state index contributed by atoms with van der Waals surface area (Å²) in [6, 6.07) is 6.37. The minimum Gasteiger partial charge on any atom is -0.491 e. The minimum absolute atomic E-state index is 0.00108. The van der Waals surface area contributed by atoms with Crippen LogP contribution in [0.5, 0.6) is 5.75 Å². The molecule has 0 saturated carbocycles. The van der Waals surface area contributed by atoms with Crippen molar-refractivity contribution in [3.63, 3.8) is 0 Å². The maximum absolute atomic E-state index is 15.0. The molecule has 1 nitrogen and oxygen atoms in total. The lowest BCUT2D eigenvalue weighted by Gasteiger charge is -2.27. The molecule has 0 spiro atoms. The Kier molecular flexibility index (Phi) is 8.16. The summed E-state index contributed by atoms with van der Waals surface area (Å²) in [4.78, 5) is 0. The van der Waals surface area contributed by atoms with Gasteiger partial charge in [-0.3, -0.25) is 0 Å². The third-order valence-corrected chi connectivity index (χ3v) is 7.65. The van der Waals surface area contributed by atoms with E-state index in [4.69, 9.17) is 4.74 Å². The van der Waals surface area contributed by atoms with Crippen LogP contribution in [0.2, 0.25) is 0 Å². The number of rotatable bonds is 6. The highest BCUT2D eigenvalue weighted by molar-refractivity contribution is 7.99. The van der Waals surface area contributed by atoms with E-state index >= 15 is 8.78 Å². The monoisotopic (exact) mass is 544 g/mol. The first-order valence-corrected chi connectivity index (χ1v) is 12.4. The van der Waals surface area contributed by atoms with Crippen LogP contribution in [0.15, 0.2) is 48.6 Å². The SMILES string of the molecule is CCOc1ccc(-c2ccc(-c3ccc(C4CCC(C=C(F)F)CS4)c(F)c3F)c(F)c2F)c(F)c1F. The predicted octanol–water partition coefficient (Wildman–Crippen LogP) is 9.22. The second-order valence-electron chi connectivity index (χ2n) is 8.41. The molecule has 0 aliphatic carbocycles. The first-order valence-electron chi connectivity index (χ1n) is 11.4. The molecule has 4 rings (SSSR count). The third-order valence-electron chi connectivity index (χ3n) is 6.14. The summed E-state index contributed by atoms with van der Waals surface area (Å²) in [5.41, 5.74) is -2.33. The summed E-state index contributed by atoms with van der Waals surface area (Å²) in [7, 11) is 0. The minimum atomic E-state index is -1.79. The molecule has 37 heavy (non-hydrogen) atoms. The summed E-state index contributed by atoms with van der Waals surface area (Å²) in [5.74, 6) is -9.06. The van der Waals surface area contributed by atoms with Crippen LogP contribution < -0.4 is 4.74 Å². The van der Waals surface area contributed by atoms with Crippen LogP contribution in [-0.2, 0) is 0 Å². The number of halogens is 8. The first-order chi connectivity index (χ1) is 17.6. The lowest BCUT2D eigenvalue weighted by Crippen LogP contribution is -2.13. The quantitative estimate of drug-likeness (QED) is 0.286. The summed E-state index contributed by atoms with van der Waals surface area (Å²) in [6.07, 6.45) is -0.252. The van der Waals surface area contributed by atoms with Gasteiger partial charge in [-0.2, -0.15) is 24.9 Å². The van der Waals surface area contributed by atoms with E-state index in [0.717, 1.165) is 36.4 Å². The molecule has 0 bridgehead atoms. The molecule has 0 amide bonds. The normalized spacial score (nSPS) is 17.5.